The van der Waals surface area contributed by atoms with Gasteiger partial charge in [0.1, 0.15) is 11.6 Å². The van der Waals surface area contributed by atoms with Gasteiger partial charge in [0.2, 0.25) is 0 Å². The number of amides is 1. The Morgan fingerprint density at radius 3 is 2.54 bits per heavy atom. The van der Waals surface area contributed by atoms with Gasteiger partial charge in [0, 0.05) is 23.9 Å². The van der Waals surface area contributed by atoms with Crippen LogP contribution in [0.25, 0.3) is 10.9 Å². The van der Waals surface area contributed by atoms with Gasteiger partial charge < -0.3 is 0 Å². The summed E-state index contributed by atoms with van der Waals surface area (Å²) < 4.78 is 29.4. The predicted octanol–water partition coefficient (Wildman–Crippen LogP) is 2.74. The van der Waals surface area contributed by atoms with Gasteiger partial charge in [-0.15, -0.1) is 0 Å². The standard InChI is InChI=1S/C25H20F2N4O4/c26-17-5-7-21-19(11-17)23(33)29-25(35)30(21)13-14-4-6-20(27)18(10-14)24(34)31-9-8-16(12-28-31)22(32)15-2-1-3-15/h4-12,15,28H,1-3,13H2,(H,29,33,35). The summed E-state index contributed by atoms with van der Waals surface area (Å²) in [5.41, 5.74) is 2.08. The van der Waals surface area contributed by atoms with E-state index in [1.54, 1.807) is 0 Å². The molecule has 0 spiro atoms. The smallest absolute Gasteiger partial charge is 0.298 e. The molecule has 5 rings (SSSR count). The second-order valence-electron chi connectivity index (χ2n) is 8.53. The normalized spacial score (nSPS) is 15.5. The molecule has 178 valence electrons. The van der Waals surface area contributed by atoms with Gasteiger partial charge in [-0.25, -0.2) is 18.6 Å². The van der Waals surface area contributed by atoms with Crippen molar-refractivity contribution in [2.75, 3.05) is 0 Å². The van der Waals surface area contributed by atoms with Crippen molar-refractivity contribution in [2.45, 2.75) is 25.8 Å². The number of aromatic nitrogens is 2. The molecule has 10 heteroatoms. The molecule has 1 aromatic heterocycles. The maximum atomic E-state index is 14.6. The number of hydrogen-bond donors (Lipinski definition) is 2. The summed E-state index contributed by atoms with van der Waals surface area (Å²) in [4.78, 5) is 52.0. The lowest BCUT2D eigenvalue weighted by molar-refractivity contribution is -0.121. The van der Waals surface area contributed by atoms with Crippen molar-refractivity contribution in [3.05, 3.63) is 104 Å². The summed E-state index contributed by atoms with van der Waals surface area (Å²) >= 11 is 0. The summed E-state index contributed by atoms with van der Waals surface area (Å²) in [5, 5.41) is 1.05. The highest BCUT2D eigenvalue weighted by Crippen LogP contribution is 2.30. The summed E-state index contributed by atoms with van der Waals surface area (Å²) in [5.74, 6) is -2.08. The van der Waals surface area contributed by atoms with Crippen LogP contribution in [0.15, 0.2) is 70.0 Å². The van der Waals surface area contributed by atoms with E-state index in [9.17, 15) is 28.0 Å². The number of Topliss-reactive ketones (excluding diaryl/α,β-unsaturated/α-hetero) is 1. The van der Waals surface area contributed by atoms with E-state index < -0.39 is 28.8 Å². The number of rotatable bonds is 5. The van der Waals surface area contributed by atoms with E-state index in [0.717, 1.165) is 42.5 Å². The zero-order valence-electron chi connectivity index (χ0n) is 18.4. The van der Waals surface area contributed by atoms with Gasteiger partial charge in [-0.05, 0) is 54.8 Å². The summed E-state index contributed by atoms with van der Waals surface area (Å²) in [7, 11) is 0. The summed E-state index contributed by atoms with van der Waals surface area (Å²) in [6.45, 7) is -0.0957. The molecular formula is C25H20F2N4O4. The Morgan fingerprint density at radius 2 is 1.86 bits per heavy atom. The number of allylic oxidation sites excluding steroid dienone is 2. The van der Waals surface area contributed by atoms with Crippen molar-refractivity contribution in [2.24, 2.45) is 5.92 Å². The highest BCUT2D eigenvalue weighted by Gasteiger charge is 2.28. The lowest BCUT2D eigenvalue weighted by Crippen LogP contribution is -2.38. The number of halogens is 2. The molecule has 1 aliphatic heterocycles. The van der Waals surface area contributed by atoms with E-state index in [4.69, 9.17) is 0 Å². The summed E-state index contributed by atoms with van der Waals surface area (Å²) in [6.07, 6.45) is 7.04. The maximum absolute atomic E-state index is 14.6. The van der Waals surface area contributed by atoms with Crippen LogP contribution in [0.2, 0.25) is 0 Å². The van der Waals surface area contributed by atoms with Crippen molar-refractivity contribution < 1.29 is 18.4 Å². The fraction of sp³-hybridized carbons (Fsp3) is 0.200. The first-order valence-corrected chi connectivity index (χ1v) is 11.0. The van der Waals surface area contributed by atoms with Crippen molar-refractivity contribution in [1.82, 2.24) is 20.0 Å². The van der Waals surface area contributed by atoms with Gasteiger partial charge in [-0.3, -0.25) is 29.4 Å². The number of carbonyl (C=O) groups is 2. The molecule has 1 saturated carbocycles. The zero-order valence-corrected chi connectivity index (χ0v) is 18.4. The average molecular weight is 478 g/mol. The molecule has 2 aromatic carbocycles. The Labute approximate surface area is 197 Å². The number of H-pyrrole nitrogens is 1. The van der Waals surface area contributed by atoms with Gasteiger partial charge in [-0.1, -0.05) is 12.5 Å². The molecule has 2 heterocycles. The van der Waals surface area contributed by atoms with E-state index in [1.807, 2.05) is 0 Å². The number of aromatic amines is 1. The molecule has 2 aliphatic rings. The number of benzene rings is 2. The van der Waals surface area contributed by atoms with Crippen LogP contribution in [0, 0.1) is 17.6 Å². The largest absolute Gasteiger partial charge is 0.329 e. The molecule has 0 unspecified atom stereocenters. The van der Waals surface area contributed by atoms with Crippen LogP contribution >= 0.6 is 0 Å². The number of nitrogens with zero attached hydrogens (tertiary/aromatic N) is 2. The van der Waals surface area contributed by atoms with E-state index in [1.165, 1.54) is 41.2 Å². The third-order valence-corrected chi connectivity index (χ3v) is 6.30. The van der Waals surface area contributed by atoms with Gasteiger partial charge in [0.05, 0.1) is 23.0 Å². The number of carbonyl (C=O) groups excluding carboxylic acids is 2. The Morgan fingerprint density at radius 1 is 1.06 bits per heavy atom. The Balaban J connectivity index is 1.40. The Kier molecular flexibility index (Phi) is 5.64. The second-order valence-corrected chi connectivity index (χ2v) is 8.53. The minimum atomic E-state index is -0.769. The molecule has 0 atom stereocenters. The average Bonchev–Trinajstić information content (AvgIpc) is 2.81. The zero-order chi connectivity index (χ0) is 24.7. The third-order valence-electron chi connectivity index (χ3n) is 6.30. The van der Waals surface area contributed by atoms with Gasteiger partial charge >= 0.3 is 5.69 Å². The molecule has 3 aromatic rings. The minimum Gasteiger partial charge on any atom is -0.298 e. The first-order valence-electron chi connectivity index (χ1n) is 11.0. The van der Waals surface area contributed by atoms with Crippen LogP contribution in [-0.4, -0.2) is 26.3 Å². The topological polar surface area (TPSA) is 104 Å². The number of hydrazine groups is 1. The van der Waals surface area contributed by atoms with Crippen molar-refractivity contribution in [1.29, 1.82) is 0 Å². The number of nitrogens with one attached hydrogen (secondary N) is 2. The molecule has 0 saturated heterocycles. The molecule has 0 bridgehead atoms. The minimum absolute atomic E-state index is 0.00739. The van der Waals surface area contributed by atoms with E-state index in [0.29, 0.717) is 11.1 Å². The van der Waals surface area contributed by atoms with Gasteiger partial charge in [-0.2, -0.15) is 0 Å². The van der Waals surface area contributed by atoms with Gasteiger partial charge in [0.25, 0.3) is 11.5 Å². The quantitative estimate of drug-likeness (QED) is 0.587. The van der Waals surface area contributed by atoms with Crippen molar-refractivity contribution >= 4 is 22.6 Å². The predicted molar refractivity (Wildman–Crippen MR) is 123 cm³/mol. The first-order chi connectivity index (χ1) is 16.8. The lowest BCUT2D eigenvalue weighted by atomic mass is 9.80. The molecule has 1 amide bonds. The van der Waals surface area contributed by atoms with Crippen molar-refractivity contribution in [3.8, 4) is 0 Å². The van der Waals surface area contributed by atoms with Crippen LogP contribution in [0.4, 0.5) is 8.78 Å². The molecule has 2 N–H and O–H groups in total. The third kappa shape index (κ3) is 4.18. The molecule has 8 nitrogen and oxygen atoms in total. The number of ketones is 1. The van der Waals surface area contributed by atoms with Crippen LogP contribution in [0.5, 0.6) is 0 Å². The second kappa shape index (κ2) is 8.79. The Bertz CT molecular complexity index is 1550. The number of hydrogen-bond acceptors (Lipinski definition) is 5. The van der Waals surface area contributed by atoms with Crippen LogP contribution in [0.3, 0.4) is 0 Å². The molecule has 35 heavy (non-hydrogen) atoms. The molecule has 0 radical (unpaired) electrons. The molecule has 1 fully saturated rings. The maximum Gasteiger partial charge on any atom is 0.329 e. The van der Waals surface area contributed by atoms with Crippen LogP contribution in [0.1, 0.15) is 35.2 Å². The highest BCUT2D eigenvalue weighted by atomic mass is 19.1. The first kappa shape index (κ1) is 22.5. The van der Waals surface area contributed by atoms with Crippen LogP contribution < -0.4 is 16.7 Å². The SMILES string of the molecule is O=C(C1=CNN(C(=O)c2cc(Cn3c(=O)[nH]c(=O)c4cc(F)ccc43)ccc2F)C=C1)C1CCC1. The van der Waals surface area contributed by atoms with E-state index >= 15 is 0 Å². The Hall–Kier alpha value is -4.34. The van der Waals surface area contributed by atoms with Gasteiger partial charge in [0.15, 0.2) is 5.78 Å². The van der Waals surface area contributed by atoms with E-state index in [-0.39, 0.29) is 34.7 Å². The molecule has 1 aliphatic carbocycles. The van der Waals surface area contributed by atoms with Crippen LogP contribution in [-0.2, 0) is 11.3 Å². The monoisotopic (exact) mass is 478 g/mol. The number of fused-ring (bicyclic) bond motifs is 1. The fourth-order valence-electron chi connectivity index (χ4n) is 4.14. The molecular weight excluding hydrogens is 458 g/mol. The highest BCUT2D eigenvalue weighted by molar-refractivity contribution is 6.01. The fourth-order valence-corrected chi connectivity index (χ4v) is 4.14. The van der Waals surface area contributed by atoms with Crippen molar-refractivity contribution in [3.63, 3.8) is 0 Å². The summed E-state index contributed by atoms with van der Waals surface area (Å²) in [6, 6.07) is 7.29. The lowest BCUT2D eigenvalue weighted by Gasteiger charge is -2.27. The van der Waals surface area contributed by atoms with E-state index in [2.05, 4.69) is 10.4 Å².